The quantitative estimate of drug-likeness (QED) is 0.479. The zero-order chi connectivity index (χ0) is 8.69. The molecular weight excluding hydrogens is 160 g/mol. The highest BCUT2D eigenvalue weighted by molar-refractivity contribution is 7.76. The molecule has 0 aromatic rings. The highest BCUT2D eigenvalue weighted by Gasteiger charge is 2.05. The number of piperidine rings is 1. The Morgan fingerprint density at radius 1 is 1.36 bits per heavy atom. The van der Waals surface area contributed by atoms with Gasteiger partial charge in [0.25, 0.3) is 0 Å². The third kappa shape index (κ3) is 9.65. The van der Waals surface area contributed by atoms with Crippen LogP contribution in [0.15, 0.2) is 0 Å². The van der Waals surface area contributed by atoms with E-state index in [0.29, 0.717) is 0 Å². The summed E-state index contributed by atoms with van der Waals surface area (Å²) in [6.45, 7) is 2.81. The Kier molecular flexibility index (Phi) is 6.16. The van der Waals surface area contributed by atoms with Crippen LogP contribution >= 0.6 is 0 Å². The summed E-state index contributed by atoms with van der Waals surface area (Å²) in [5.41, 5.74) is 4.29. The zero-order valence-corrected chi connectivity index (χ0v) is 7.75. The number of carbonyl (C=O) groups is 1. The standard InChI is InChI=1S/C6H13N.CH3NOS/c1-7-5-3-2-4-6-7;2-1(3)4/h2-6H2,1H3;(H3,2,3,4). The van der Waals surface area contributed by atoms with Crippen LogP contribution in [0.25, 0.3) is 0 Å². The van der Waals surface area contributed by atoms with Gasteiger partial charge in [0.2, 0.25) is 0 Å². The van der Waals surface area contributed by atoms with E-state index >= 15 is 0 Å². The van der Waals surface area contributed by atoms with Gasteiger partial charge in [-0.2, -0.15) is 0 Å². The Balaban J connectivity index is 0.000000218. The van der Waals surface area contributed by atoms with E-state index in [1.807, 2.05) is 0 Å². The lowest BCUT2D eigenvalue weighted by molar-refractivity contribution is -0.884. The van der Waals surface area contributed by atoms with Gasteiger partial charge in [0.05, 0.1) is 25.4 Å². The number of likely N-dealkylation sites (tertiary alicyclic amines) is 1. The molecule has 0 saturated carbocycles. The molecule has 0 aromatic carbocycles. The van der Waals surface area contributed by atoms with E-state index in [1.165, 1.54) is 32.4 Å². The van der Waals surface area contributed by atoms with E-state index in [1.54, 1.807) is 4.90 Å². The lowest BCUT2D eigenvalue weighted by Crippen LogP contribution is -3.09. The molecule has 11 heavy (non-hydrogen) atoms. The van der Waals surface area contributed by atoms with Crippen molar-refractivity contribution in [3.8, 4) is 0 Å². The van der Waals surface area contributed by atoms with Crippen LogP contribution in [0, 0.1) is 0 Å². The molecule has 1 heterocycles. The number of quaternary nitrogens is 1. The maximum atomic E-state index is 9.04. The van der Waals surface area contributed by atoms with Crippen LogP contribution in [-0.2, 0) is 12.6 Å². The van der Waals surface area contributed by atoms with Crippen LogP contribution in [0.3, 0.4) is 0 Å². The molecule has 3 N–H and O–H groups in total. The largest absolute Gasteiger partial charge is 0.719 e. The molecule has 3 nitrogen and oxygen atoms in total. The first kappa shape index (κ1) is 10.7. The van der Waals surface area contributed by atoms with Crippen LogP contribution in [0.5, 0.6) is 0 Å². The second kappa shape index (κ2) is 6.37. The van der Waals surface area contributed by atoms with Crippen molar-refractivity contribution >= 4 is 17.9 Å². The summed E-state index contributed by atoms with van der Waals surface area (Å²) in [5.74, 6) is 0. The fourth-order valence-electron chi connectivity index (χ4n) is 1.16. The Labute approximate surface area is 73.3 Å². The molecule has 0 aromatic heterocycles. The average molecular weight is 176 g/mol. The van der Waals surface area contributed by atoms with Crippen molar-refractivity contribution in [1.29, 1.82) is 0 Å². The van der Waals surface area contributed by atoms with Crippen molar-refractivity contribution in [3.63, 3.8) is 0 Å². The summed E-state index contributed by atoms with van der Waals surface area (Å²) in [5, 5.41) is -0.750. The van der Waals surface area contributed by atoms with E-state index in [4.69, 9.17) is 4.79 Å². The van der Waals surface area contributed by atoms with E-state index in [0.717, 1.165) is 0 Å². The lowest BCUT2D eigenvalue weighted by atomic mass is 10.1. The molecular formula is C7H16N2OS. The summed E-state index contributed by atoms with van der Waals surface area (Å²) >= 11 is 3.76. The summed E-state index contributed by atoms with van der Waals surface area (Å²) in [4.78, 5) is 10.8. The van der Waals surface area contributed by atoms with Crippen molar-refractivity contribution in [3.05, 3.63) is 0 Å². The second-order valence-electron chi connectivity index (χ2n) is 2.84. The second-order valence-corrected chi connectivity index (χ2v) is 3.24. The highest BCUT2D eigenvalue weighted by atomic mass is 32.1. The Hall–Kier alpha value is -0.350. The van der Waals surface area contributed by atoms with E-state index in [-0.39, 0.29) is 0 Å². The topological polar surface area (TPSA) is 47.5 Å². The van der Waals surface area contributed by atoms with E-state index < -0.39 is 5.24 Å². The summed E-state index contributed by atoms with van der Waals surface area (Å²) < 4.78 is 0. The molecule has 0 spiro atoms. The van der Waals surface area contributed by atoms with Crippen molar-refractivity contribution < 1.29 is 9.69 Å². The summed E-state index contributed by atoms with van der Waals surface area (Å²) in [7, 11) is 2.28. The fraction of sp³-hybridized carbons (Fsp3) is 0.857. The first-order valence-electron chi connectivity index (χ1n) is 3.90. The van der Waals surface area contributed by atoms with E-state index in [2.05, 4.69) is 25.4 Å². The normalized spacial score (nSPS) is 18.3. The monoisotopic (exact) mass is 176 g/mol. The Morgan fingerprint density at radius 3 is 1.91 bits per heavy atom. The molecule has 0 atom stereocenters. The van der Waals surface area contributed by atoms with Crippen molar-refractivity contribution in [2.75, 3.05) is 20.1 Å². The van der Waals surface area contributed by atoms with Gasteiger partial charge in [-0.25, -0.2) is 0 Å². The van der Waals surface area contributed by atoms with Crippen LogP contribution < -0.4 is 10.6 Å². The Morgan fingerprint density at radius 2 is 1.73 bits per heavy atom. The van der Waals surface area contributed by atoms with Crippen LogP contribution in [-0.4, -0.2) is 25.4 Å². The molecule has 66 valence electrons. The zero-order valence-electron chi connectivity index (χ0n) is 6.93. The van der Waals surface area contributed by atoms with Gasteiger partial charge in [-0.3, -0.25) is 0 Å². The SMILES string of the molecule is C[NH+]1CCCCC1.NC(=O)[S-]. The minimum absolute atomic E-state index is 0.750. The van der Waals surface area contributed by atoms with Gasteiger partial charge in [-0.1, -0.05) is 0 Å². The molecule has 0 aliphatic carbocycles. The first-order chi connectivity index (χ1) is 5.13. The van der Waals surface area contributed by atoms with Gasteiger partial charge in [0.15, 0.2) is 0 Å². The molecule has 4 heteroatoms. The van der Waals surface area contributed by atoms with Crippen LogP contribution in [0.2, 0.25) is 0 Å². The number of rotatable bonds is 0. The molecule has 1 amide bonds. The summed E-state index contributed by atoms with van der Waals surface area (Å²) in [6.07, 6.45) is 4.37. The highest BCUT2D eigenvalue weighted by Crippen LogP contribution is 1.92. The minimum atomic E-state index is -0.750. The third-order valence-electron chi connectivity index (χ3n) is 1.71. The Bertz CT molecular complexity index is 109. The third-order valence-corrected chi connectivity index (χ3v) is 1.71. The van der Waals surface area contributed by atoms with Crippen molar-refractivity contribution in [1.82, 2.24) is 0 Å². The number of carbonyl (C=O) groups excluding carboxylic acids is 1. The number of primary amides is 1. The molecule has 1 aliphatic rings. The minimum Gasteiger partial charge on any atom is -0.719 e. The van der Waals surface area contributed by atoms with Crippen molar-refractivity contribution in [2.45, 2.75) is 19.3 Å². The number of hydrogen-bond donors (Lipinski definition) is 2. The molecule has 1 saturated heterocycles. The van der Waals surface area contributed by atoms with Gasteiger partial charge in [0, 0.05) is 0 Å². The predicted molar refractivity (Wildman–Crippen MR) is 47.4 cm³/mol. The molecule has 0 bridgehead atoms. The van der Waals surface area contributed by atoms with Gasteiger partial charge >= 0.3 is 0 Å². The molecule has 1 rings (SSSR count). The van der Waals surface area contributed by atoms with Gasteiger partial charge in [-0.05, 0) is 19.3 Å². The van der Waals surface area contributed by atoms with Gasteiger partial charge in [-0.15, -0.1) is 0 Å². The molecule has 1 aliphatic heterocycles. The fourth-order valence-corrected chi connectivity index (χ4v) is 1.16. The first-order valence-corrected chi connectivity index (χ1v) is 4.31. The van der Waals surface area contributed by atoms with Crippen LogP contribution in [0.1, 0.15) is 19.3 Å². The maximum Gasteiger partial charge on any atom is 0.0954 e. The number of hydrogen-bond acceptors (Lipinski definition) is 2. The van der Waals surface area contributed by atoms with Crippen molar-refractivity contribution in [2.24, 2.45) is 5.73 Å². The predicted octanol–water partition coefficient (Wildman–Crippen LogP) is -0.703. The molecule has 1 fully saturated rings. The average Bonchev–Trinajstić information content (AvgIpc) is 1.87. The van der Waals surface area contributed by atoms with Crippen LogP contribution in [0.4, 0.5) is 4.79 Å². The lowest BCUT2D eigenvalue weighted by Gasteiger charge is -2.17. The maximum absolute atomic E-state index is 9.04. The smallest absolute Gasteiger partial charge is 0.0954 e. The van der Waals surface area contributed by atoms with Gasteiger partial charge in [0.1, 0.15) is 0 Å². The number of nitrogens with two attached hydrogens (primary N) is 1. The summed E-state index contributed by atoms with van der Waals surface area (Å²) in [6, 6.07) is 0. The molecule has 0 radical (unpaired) electrons. The number of amides is 1. The molecule has 0 unspecified atom stereocenters. The van der Waals surface area contributed by atoms with Gasteiger partial charge < -0.3 is 28.1 Å². The number of nitrogens with one attached hydrogen (secondary N) is 1. The van der Waals surface area contributed by atoms with E-state index in [9.17, 15) is 0 Å².